The molecule has 0 spiro atoms. The fourth-order valence-electron chi connectivity index (χ4n) is 3.00. The van der Waals surface area contributed by atoms with Crippen molar-refractivity contribution in [3.05, 3.63) is 59.2 Å². The fourth-order valence-corrected chi connectivity index (χ4v) is 4.45. The minimum atomic E-state index is -3.56. The fraction of sp³-hybridized carbons (Fsp3) is 0.278. The monoisotopic (exact) mass is 342 g/mol. The molecule has 6 heteroatoms. The van der Waals surface area contributed by atoms with Crippen molar-refractivity contribution in [2.24, 2.45) is 0 Å². The van der Waals surface area contributed by atoms with Crippen molar-refractivity contribution in [1.82, 2.24) is 4.31 Å². The van der Waals surface area contributed by atoms with E-state index in [1.807, 2.05) is 24.3 Å². The standard InChI is InChI=1S/C18H18N2O3S/c1-23-18-4-2-3-15-9-11-20(12-10-17(15)18)24(21,22)16-7-5-14(13-19)6-8-16/h2-8H,9-12H2,1H3. The summed E-state index contributed by atoms with van der Waals surface area (Å²) in [6.07, 6.45) is 1.27. The van der Waals surface area contributed by atoms with Crippen LogP contribution in [0.3, 0.4) is 0 Å². The number of ether oxygens (including phenoxy) is 1. The van der Waals surface area contributed by atoms with Crippen LogP contribution >= 0.6 is 0 Å². The lowest BCUT2D eigenvalue weighted by Gasteiger charge is -2.20. The van der Waals surface area contributed by atoms with Crippen LogP contribution in [-0.2, 0) is 22.9 Å². The number of methoxy groups -OCH3 is 1. The number of hydrogen-bond acceptors (Lipinski definition) is 4. The van der Waals surface area contributed by atoms with Gasteiger partial charge >= 0.3 is 0 Å². The SMILES string of the molecule is COc1cccc2c1CCN(S(=O)(=O)c1ccc(C#N)cc1)CC2. The summed E-state index contributed by atoms with van der Waals surface area (Å²) < 4.78 is 32.6. The van der Waals surface area contributed by atoms with Gasteiger partial charge < -0.3 is 4.74 Å². The van der Waals surface area contributed by atoms with Crippen molar-refractivity contribution in [1.29, 1.82) is 5.26 Å². The number of rotatable bonds is 3. The first kappa shape index (κ1) is 16.5. The molecule has 0 saturated heterocycles. The highest BCUT2D eigenvalue weighted by atomic mass is 32.2. The predicted molar refractivity (Wildman–Crippen MR) is 90.3 cm³/mol. The summed E-state index contributed by atoms with van der Waals surface area (Å²) in [6.45, 7) is 0.845. The van der Waals surface area contributed by atoms with Gasteiger partial charge in [-0.15, -0.1) is 0 Å². The largest absolute Gasteiger partial charge is 0.496 e. The summed E-state index contributed by atoms with van der Waals surface area (Å²) in [7, 11) is -1.93. The Balaban J connectivity index is 1.87. The smallest absolute Gasteiger partial charge is 0.243 e. The summed E-state index contributed by atoms with van der Waals surface area (Å²) in [5, 5.41) is 8.84. The lowest BCUT2D eigenvalue weighted by Crippen LogP contribution is -2.33. The van der Waals surface area contributed by atoms with Gasteiger partial charge in [0.2, 0.25) is 10.0 Å². The Bertz CT molecular complexity index is 883. The average molecular weight is 342 g/mol. The van der Waals surface area contributed by atoms with Gasteiger partial charge in [0, 0.05) is 13.1 Å². The highest BCUT2D eigenvalue weighted by molar-refractivity contribution is 7.89. The quantitative estimate of drug-likeness (QED) is 0.858. The number of nitriles is 1. The van der Waals surface area contributed by atoms with Crippen LogP contribution < -0.4 is 4.74 Å². The molecule has 2 aromatic rings. The second-order valence-corrected chi connectivity index (χ2v) is 7.58. The van der Waals surface area contributed by atoms with Crippen LogP contribution in [0.5, 0.6) is 5.75 Å². The van der Waals surface area contributed by atoms with Crippen LogP contribution in [-0.4, -0.2) is 32.9 Å². The first-order valence-corrected chi connectivity index (χ1v) is 9.15. The highest BCUT2D eigenvalue weighted by Gasteiger charge is 2.27. The second kappa shape index (κ2) is 6.63. The Morgan fingerprint density at radius 3 is 2.46 bits per heavy atom. The number of benzene rings is 2. The van der Waals surface area contributed by atoms with Crippen molar-refractivity contribution in [2.75, 3.05) is 20.2 Å². The van der Waals surface area contributed by atoms with Gasteiger partial charge in [-0.25, -0.2) is 8.42 Å². The molecule has 1 aliphatic rings. The molecule has 0 saturated carbocycles. The van der Waals surface area contributed by atoms with Gasteiger partial charge in [0.15, 0.2) is 0 Å². The molecule has 0 amide bonds. The molecule has 0 atom stereocenters. The van der Waals surface area contributed by atoms with Gasteiger partial charge in [0.25, 0.3) is 0 Å². The van der Waals surface area contributed by atoms with E-state index in [-0.39, 0.29) is 4.90 Å². The van der Waals surface area contributed by atoms with Gasteiger partial charge in [-0.05, 0) is 54.3 Å². The third-order valence-electron chi connectivity index (χ3n) is 4.31. The molecule has 0 unspecified atom stereocenters. The molecule has 5 nitrogen and oxygen atoms in total. The maximum Gasteiger partial charge on any atom is 0.243 e. The lowest BCUT2D eigenvalue weighted by molar-refractivity contribution is 0.404. The molecule has 3 rings (SSSR count). The Morgan fingerprint density at radius 1 is 1.08 bits per heavy atom. The Morgan fingerprint density at radius 2 is 1.79 bits per heavy atom. The molecule has 0 aromatic heterocycles. The summed E-state index contributed by atoms with van der Waals surface area (Å²) >= 11 is 0. The van der Waals surface area contributed by atoms with E-state index < -0.39 is 10.0 Å². The zero-order valence-corrected chi connectivity index (χ0v) is 14.2. The molecule has 0 radical (unpaired) electrons. The third kappa shape index (κ3) is 3.01. The third-order valence-corrected chi connectivity index (χ3v) is 6.23. The maximum atomic E-state index is 12.9. The van der Waals surface area contributed by atoms with Crippen molar-refractivity contribution in [3.63, 3.8) is 0 Å². The second-order valence-electron chi connectivity index (χ2n) is 5.64. The zero-order valence-electron chi connectivity index (χ0n) is 13.4. The Labute approximate surface area is 142 Å². The van der Waals surface area contributed by atoms with Gasteiger partial charge in [-0.3, -0.25) is 0 Å². The van der Waals surface area contributed by atoms with Gasteiger partial charge in [-0.2, -0.15) is 9.57 Å². The van der Waals surface area contributed by atoms with Crippen LogP contribution in [0.2, 0.25) is 0 Å². The topological polar surface area (TPSA) is 70.4 Å². The van der Waals surface area contributed by atoms with E-state index in [1.54, 1.807) is 7.11 Å². The molecule has 0 fully saturated rings. The van der Waals surface area contributed by atoms with Crippen molar-refractivity contribution < 1.29 is 13.2 Å². The zero-order chi connectivity index (χ0) is 17.2. The van der Waals surface area contributed by atoms with E-state index in [2.05, 4.69) is 0 Å². The van der Waals surface area contributed by atoms with E-state index in [1.165, 1.54) is 28.6 Å². The molecule has 1 heterocycles. The van der Waals surface area contributed by atoms with E-state index >= 15 is 0 Å². The minimum Gasteiger partial charge on any atom is -0.496 e. The van der Waals surface area contributed by atoms with Crippen molar-refractivity contribution in [3.8, 4) is 11.8 Å². The number of sulfonamides is 1. The summed E-state index contributed by atoms with van der Waals surface area (Å²) in [6, 6.07) is 13.9. The Kier molecular flexibility index (Phi) is 4.56. The number of nitrogens with zero attached hydrogens (tertiary/aromatic N) is 2. The van der Waals surface area contributed by atoms with Crippen molar-refractivity contribution in [2.45, 2.75) is 17.7 Å². The maximum absolute atomic E-state index is 12.9. The predicted octanol–water partition coefficient (Wildman–Crippen LogP) is 2.36. The van der Waals surface area contributed by atoms with Gasteiger partial charge in [0.1, 0.15) is 5.75 Å². The summed E-state index contributed by atoms with van der Waals surface area (Å²) in [4.78, 5) is 0.222. The first-order valence-electron chi connectivity index (χ1n) is 7.71. The number of fused-ring (bicyclic) bond motifs is 1. The first-order chi connectivity index (χ1) is 11.6. The molecule has 124 valence electrons. The van der Waals surface area contributed by atoms with Crippen molar-refractivity contribution >= 4 is 10.0 Å². The molecule has 0 bridgehead atoms. The van der Waals surface area contributed by atoms with E-state index in [0.29, 0.717) is 31.5 Å². The molecule has 0 N–H and O–H groups in total. The van der Waals surface area contributed by atoms with Crippen LogP contribution in [0, 0.1) is 11.3 Å². The van der Waals surface area contributed by atoms with Crippen LogP contribution in [0.4, 0.5) is 0 Å². The molecule has 0 aliphatic carbocycles. The van der Waals surface area contributed by atoms with Gasteiger partial charge in [0.05, 0.1) is 23.6 Å². The van der Waals surface area contributed by atoms with E-state index in [9.17, 15) is 8.42 Å². The highest BCUT2D eigenvalue weighted by Crippen LogP contribution is 2.28. The van der Waals surface area contributed by atoms with E-state index in [4.69, 9.17) is 10.00 Å². The summed E-state index contributed by atoms with van der Waals surface area (Å²) in [5.74, 6) is 0.810. The van der Waals surface area contributed by atoms with Gasteiger partial charge in [-0.1, -0.05) is 12.1 Å². The lowest BCUT2D eigenvalue weighted by atomic mass is 10.0. The molecular weight excluding hydrogens is 324 g/mol. The van der Waals surface area contributed by atoms with Crippen LogP contribution in [0.25, 0.3) is 0 Å². The molecule has 24 heavy (non-hydrogen) atoms. The van der Waals surface area contributed by atoms with Crippen LogP contribution in [0.1, 0.15) is 16.7 Å². The Hall–Kier alpha value is -2.36. The molecule has 1 aliphatic heterocycles. The van der Waals surface area contributed by atoms with Crippen LogP contribution in [0.15, 0.2) is 47.4 Å². The molecular formula is C18H18N2O3S. The minimum absolute atomic E-state index is 0.222. The van der Waals surface area contributed by atoms with E-state index in [0.717, 1.165) is 16.9 Å². The normalized spacial score (nSPS) is 15.2. The molecule has 2 aromatic carbocycles. The number of hydrogen-bond donors (Lipinski definition) is 0. The average Bonchev–Trinajstić information content (AvgIpc) is 2.84. The summed E-state index contributed by atoms with van der Waals surface area (Å²) in [5.41, 5.74) is 2.66.